The molecule has 1 nitrogen and oxygen atoms in total. The van der Waals surface area contributed by atoms with E-state index < -0.39 is 11.7 Å². The van der Waals surface area contributed by atoms with Crippen molar-refractivity contribution >= 4 is 12.4 Å². The van der Waals surface area contributed by atoms with Crippen molar-refractivity contribution in [2.45, 2.75) is 19.6 Å². The van der Waals surface area contributed by atoms with E-state index in [2.05, 4.69) is 0 Å². The maximum absolute atomic E-state index is 12.2. The second-order valence-electron chi connectivity index (χ2n) is 2.84. The van der Waals surface area contributed by atoms with Gasteiger partial charge in [0.25, 0.3) is 0 Å². The number of hydrogen-bond acceptors (Lipinski definition) is 1. The molecule has 0 aliphatic carbocycles. The van der Waals surface area contributed by atoms with E-state index >= 15 is 0 Å². The molecule has 0 atom stereocenters. The molecule has 1 aromatic rings. The third kappa shape index (κ3) is 2.89. The summed E-state index contributed by atoms with van der Waals surface area (Å²) in [6.45, 7) is 1.89. The summed E-state index contributed by atoms with van der Waals surface area (Å²) < 4.78 is 36.5. The van der Waals surface area contributed by atoms with Crippen molar-refractivity contribution in [1.29, 1.82) is 0 Å². The van der Waals surface area contributed by atoms with Crippen LogP contribution in [0.25, 0.3) is 0 Å². The number of aryl methyl sites for hydroxylation is 1. The van der Waals surface area contributed by atoms with Crippen molar-refractivity contribution in [3.05, 3.63) is 34.9 Å². The van der Waals surface area contributed by atoms with Gasteiger partial charge in [-0.3, -0.25) is 0 Å². The molecular weight excluding hydrogens is 215 g/mol. The molecule has 80 valence electrons. The van der Waals surface area contributed by atoms with Crippen molar-refractivity contribution in [3.8, 4) is 0 Å². The Morgan fingerprint density at radius 2 is 1.86 bits per heavy atom. The van der Waals surface area contributed by atoms with Gasteiger partial charge in [0.05, 0.1) is 5.56 Å². The SMILES string of the molecule is Cc1cc(C(F)(F)F)ccc1CN.Cl. The number of halogens is 4. The summed E-state index contributed by atoms with van der Waals surface area (Å²) in [5.41, 5.74) is 6.03. The molecule has 0 saturated heterocycles. The lowest BCUT2D eigenvalue weighted by Gasteiger charge is -2.09. The third-order valence-corrected chi connectivity index (χ3v) is 1.89. The standard InChI is InChI=1S/C9H10F3N.ClH/c1-6-4-8(9(10,11)12)3-2-7(6)5-13;/h2-4H,5,13H2,1H3;1H. The van der Waals surface area contributed by atoms with E-state index in [1.165, 1.54) is 6.07 Å². The average Bonchev–Trinajstić information content (AvgIpc) is 2.02. The summed E-state index contributed by atoms with van der Waals surface area (Å²) in [6, 6.07) is 3.58. The Labute approximate surface area is 86.5 Å². The minimum Gasteiger partial charge on any atom is -0.326 e. The minimum atomic E-state index is -4.27. The molecule has 14 heavy (non-hydrogen) atoms. The molecular formula is C9H11ClF3N. The van der Waals surface area contributed by atoms with Gasteiger partial charge in [0.15, 0.2) is 0 Å². The second kappa shape index (κ2) is 4.66. The molecule has 5 heteroatoms. The summed E-state index contributed by atoms with van der Waals surface area (Å²) in [4.78, 5) is 0. The summed E-state index contributed by atoms with van der Waals surface area (Å²) in [7, 11) is 0. The van der Waals surface area contributed by atoms with E-state index in [1.54, 1.807) is 6.92 Å². The Bertz CT molecular complexity index is 309. The lowest BCUT2D eigenvalue weighted by Crippen LogP contribution is -2.07. The zero-order chi connectivity index (χ0) is 10.1. The average molecular weight is 226 g/mol. The fourth-order valence-corrected chi connectivity index (χ4v) is 1.10. The highest BCUT2D eigenvalue weighted by Gasteiger charge is 2.30. The van der Waals surface area contributed by atoms with Crippen LogP contribution in [0.15, 0.2) is 18.2 Å². The van der Waals surface area contributed by atoms with Gasteiger partial charge in [-0.25, -0.2) is 0 Å². The van der Waals surface area contributed by atoms with Crippen LogP contribution >= 0.6 is 12.4 Å². The first-order valence-corrected chi connectivity index (χ1v) is 3.82. The van der Waals surface area contributed by atoms with Crippen LogP contribution in [0.1, 0.15) is 16.7 Å². The molecule has 2 N–H and O–H groups in total. The fourth-order valence-electron chi connectivity index (χ4n) is 1.10. The Hall–Kier alpha value is -0.740. The van der Waals surface area contributed by atoms with Gasteiger partial charge in [-0.2, -0.15) is 13.2 Å². The normalized spacial score (nSPS) is 10.9. The van der Waals surface area contributed by atoms with Gasteiger partial charge in [-0.05, 0) is 30.2 Å². The monoisotopic (exact) mass is 225 g/mol. The van der Waals surface area contributed by atoms with Crippen LogP contribution in [0.2, 0.25) is 0 Å². The van der Waals surface area contributed by atoms with Crippen molar-refractivity contribution in [2.75, 3.05) is 0 Å². The zero-order valence-corrected chi connectivity index (χ0v) is 8.38. The van der Waals surface area contributed by atoms with Gasteiger partial charge in [-0.1, -0.05) is 6.07 Å². The molecule has 0 bridgehead atoms. The second-order valence-corrected chi connectivity index (χ2v) is 2.84. The zero-order valence-electron chi connectivity index (χ0n) is 7.56. The Kier molecular flexibility index (Phi) is 4.42. The van der Waals surface area contributed by atoms with Crippen molar-refractivity contribution in [2.24, 2.45) is 5.73 Å². The number of hydrogen-bond donors (Lipinski definition) is 1. The molecule has 1 aromatic carbocycles. The summed E-state index contributed by atoms with van der Waals surface area (Å²) in [6.07, 6.45) is -4.27. The van der Waals surface area contributed by atoms with Gasteiger partial charge in [0.1, 0.15) is 0 Å². The summed E-state index contributed by atoms with van der Waals surface area (Å²) in [5.74, 6) is 0. The Morgan fingerprint density at radius 1 is 1.29 bits per heavy atom. The van der Waals surface area contributed by atoms with Gasteiger partial charge >= 0.3 is 6.18 Å². The molecule has 0 spiro atoms. The molecule has 0 amide bonds. The third-order valence-electron chi connectivity index (χ3n) is 1.89. The van der Waals surface area contributed by atoms with Crippen molar-refractivity contribution in [3.63, 3.8) is 0 Å². The largest absolute Gasteiger partial charge is 0.416 e. The molecule has 0 aliphatic rings. The number of benzene rings is 1. The van der Waals surface area contributed by atoms with Gasteiger partial charge < -0.3 is 5.73 Å². The highest BCUT2D eigenvalue weighted by molar-refractivity contribution is 5.85. The maximum atomic E-state index is 12.2. The summed E-state index contributed by atoms with van der Waals surface area (Å²) >= 11 is 0. The molecule has 0 heterocycles. The Balaban J connectivity index is 0.00000169. The van der Waals surface area contributed by atoms with Crippen LogP contribution in [0, 0.1) is 6.92 Å². The van der Waals surface area contributed by atoms with Crippen LogP contribution in [0.4, 0.5) is 13.2 Å². The van der Waals surface area contributed by atoms with E-state index in [-0.39, 0.29) is 19.0 Å². The molecule has 0 aromatic heterocycles. The maximum Gasteiger partial charge on any atom is 0.416 e. The summed E-state index contributed by atoms with van der Waals surface area (Å²) in [5, 5.41) is 0. The predicted molar refractivity (Wildman–Crippen MR) is 51.3 cm³/mol. The molecule has 0 radical (unpaired) electrons. The first kappa shape index (κ1) is 13.3. The van der Waals surface area contributed by atoms with E-state index in [4.69, 9.17) is 5.73 Å². The van der Waals surface area contributed by atoms with Crippen molar-refractivity contribution in [1.82, 2.24) is 0 Å². The number of nitrogens with two attached hydrogens (primary N) is 1. The van der Waals surface area contributed by atoms with Crippen LogP contribution in [0.5, 0.6) is 0 Å². The van der Waals surface area contributed by atoms with Gasteiger partial charge in [0, 0.05) is 6.54 Å². The minimum absolute atomic E-state index is 0. The van der Waals surface area contributed by atoms with E-state index in [0.717, 1.165) is 17.7 Å². The van der Waals surface area contributed by atoms with Crippen LogP contribution < -0.4 is 5.73 Å². The van der Waals surface area contributed by atoms with Crippen LogP contribution in [-0.4, -0.2) is 0 Å². The van der Waals surface area contributed by atoms with Crippen LogP contribution in [-0.2, 0) is 12.7 Å². The quantitative estimate of drug-likeness (QED) is 0.782. The van der Waals surface area contributed by atoms with Gasteiger partial charge in [-0.15, -0.1) is 12.4 Å². The lowest BCUT2D eigenvalue weighted by molar-refractivity contribution is -0.137. The van der Waals surface area contributed by atoms with Gasteiger partial charge in [0.2, 0.25) is 0 Å². The number of alkyl halides is 3. The van der Waals surface area contributed by atoms with E-state index in [0.29, 0.717) is 5.56 Å². The first-order valence-electron chi connectivity index (χ1n) is 3.82. The highest BCUT2D eigenvalue weighted by atomic mass is 35.5. The highest BCUT2D eigenvalue weighted by Crippen LogP contribution is 2.30. The van der Waals surface area contributed by atoms with Crippen molar-refractivity contribution < 1.29 is 13.2 Å². The van der Waals surface area contributed by atoms with Crippen LogP contribution in [0.3, 0.4) is 0 Å². The lowest BCUT2D eigenvalue weighted by atomic mass is 10.1. The van der Waals surface area contributed by atoms with E-state index in [1.807, 2.05) is 0 Å². The fraction of sp³-hybridized carbons (Fsp3) is 0.333. The Morgan fingerprint density at radius 3 is 2.21 bits per heavy atom. The first-order chi connectivity index (χ1) is 5.95. The topological polar surface area (TPSA) is 26.0 Å². The molecule has 1 rings (SSSR count). The predicted octanol–water partition coefficient (Wildman–Crippen LogP) is 2.89. The molecule has 0 saturated carbocycles. The number of rotatable bonds is 1. The molecule has 0 unspecified atom stereocenters. The smallest absolute Gasteiger partial charge is 0.326 e. The molecule has 0 fully saturated rings. The molecule has 0 aliphatic heterocycles. The van der Waals surface area contributed by atoms with E-state index in [9.17, 15) is 13.2 Å².